The Morgan fingerprint density at radius 1 is 1.06 bits per heavy atom. The Kier molecular flexibility index (Phi) is 6.17. The van der Waals surface area contributed by atoms with Gasteiger partial charge in [-0.05, 0) is 37.5 Å². The number of benzene rings is 2. The SMILES string of the molecule is COC(=O)C(=O)c1c(-c2ccc(C)c(S(=O)(=O)NC3CCCCC3)c2)[nH]c2ccccc12. The van der Waals surface area contributed by atoms with E-state index in [1.54, 1.807) is 43.3 Å². The summed E-state index contributed by atoms with van der Waals surface area (Å²) in [6, 6.07) is 12.1. The molecule has 4 rings (SSSR count). The molecule has 0 atom stereocenters. The van der Waals surface area contributed by atoms with Crippen molar-refractivity contribution in [3.63, 3.8) is 0 Å². The molecule has 0 spiro atoms. The quantitative estimate of drug-likeness (QED) is 0.331. The number of aromatic nitrogens is 1. The zero-order valence-corrected chi connectivity index (χ0v) is 18.9. The van der Waals surface area contributed by atoms with Crippen molar-refractivity contribution in [2.45, 2.75) is 50.0 Å². The van der Waals surface area contributed by atoms with Crippen LogP contribution in [-0.2, 0) is 19.6 Å². The van der Waals surface area contributed by atoms with Gasteiger partial charge in [0.15, 0.2) is 0 Å². The third-order valence-corrected chi connectivity index (χ3v) is 7.66. The number of methoxy groups -OCH3 is 1. The molecule has 1 heterocycles. The highest BCUT2D eigenvalue weighted by Crippen LogP contribution is 2.33. The van der Waals surface area contributed by atoms with Crippen LogP contribution >= 0.6 is 0 Å². The number of rotatable bonds is 6. The number of hydrogen-bond acceptors (Lipinski definition) is 5. The number of ketones is 1. The standard InChI is InChI=1S/C24H26N2O5S/c1-15-12-13-16(14-20(15)32(29,30)26-17-8-4-3-5-9-17)22-21(23(27)24(28)31-2)18-10-6-7-11-19(18)25-22/h6-7,10-14,17,25-26H,3-5,8-9H2,1-2H3. The van der Waals surface area contributed by atoms with E-state index in [0.29, 0.717) is 27.7 Å². The number of aryl methyl sites for hydroxylation is 1. The lowest BCUT2D eigenvalue weighted by atomic mass is 9.96. The first-order chi connectivity index (χ1) is 15.3. The van der Waals surface area contributed by atoms with Crippen LogP contribution < -0.4 is 4.72 Å². The number of H-pyrrole nitrogens is 1. The molecule has 1 aliphatic carbocycles. The zero-order valence-electron chi connectivity index (χ0n) is 18.1. The maximum Gasteiger partial charge on any atom is 0.379 e. The van der Waals surface area contributed by atoms with Crippen molar-refractivity contribution in [1.29, 1.82) is 0 Å². The lowest BCUT2D eigenvalue weighted by Crippen LogP contribution is -2.36. The van der Waals surface area contributed by atoms with Crippen molar-refractivity contribution in [1.82, 2.24) is 9.71 Å². The molecule has 2 aromatic carbocycles. The van der Waals surface area contributed by atoms with E-state index in [1.807, 2.05) is 6.07 Å². The highest BCUT2D eigenvalue weighted by Gasteiger charge is 2.28. The fourth-order valence-electron chi connectivity index (χ4n) is 4.34. The van der Waals surface area contributed by atoms with Gasteiger partial charge in [0, 0.05) is 22.5 Å². The first-order valence-corrected chi connectivity index (χ1v) is 12.2. The summed E-state index contributed by atoms with van der Waals surface area (Å²) >= 11 is 0. The summed E-state index contributed by atoms with van der Waals surface area (Å²) < 4.78 is 33.9. The van der Waals surface area contributed by atoms with Crippen molar-refractivity contribution in [2.24, 2.45) is 0 Å². The molecule has 1 aromatic heterocycles. The second-order valence-electron chi connectivity index (χ2n) is 8.18. The molecule has 1 aliphatic rings. The van der Waals surface area contributed by atoms with E-state index in [4.69, 9.17) is 0 Å². The van der Waals surface area contributed by atoms with Gasteiger partial charge in [-0.3, -0.25) is 4.79 Å². The summed E-state index contributed by atoms with van der Waals surface area (Å²) in [5, 5.41) is 0.572. The summed E-state index contributed by atoms with van der Waals surface area (Å²) in [7, 11) is -2.59. The molecule has 8 heteroatoms. The number of hydrogen-bond donors (Lipinski definition) is 2. The predicted molar refractivity (Wildman–Crippen MR) is 122 cm³/mol. The third-order valence-electron chi connectivity index (χ3n) is 6.00. The minimum Gasteiger partial charge on any atom is -0.463 e. The third kappa shape index (κ3) is 4.20. The van der Waals surface area contributed by atoms with Gasteiger partial charge in [-0.1, -0.05) is 49.6 Å². The Morgan fingerprint density at radius 2 is 1.78 bits per heavy atom. The van der Waals surface area contributed by atoms with Crippen LogP contribution in [0.4, 0.5) is 0 Å². The van der Waals surface area contributed by atoms with Gasteiger partial charge in [-0.25, -0.2) is 17.9 Å². The van der Waals surface area contributed by atoms with E-state index in [1.165, 1.54) is 0 Å². The highest BCUT2D eigenvalue weighted by molar-refractivity contribution is 7.89. The maximum absolute atomic E-state index is 13.2. The average Bonchev–Trinajstić information content (AvgIpc) is 3.18. The minimum atomic E-state index is -3.75. The summed E-state index contributed by atoms with van der Waals surface area (Å²) in [6.07, 6.45) is 4.82. The van der Waals surface area contributed by atoms with Crippen molar-refractivity contribution in [2.75, 3.05) is 7.11 Å². The van der Waals surface area contributed by atoms with Gasteiger partial charge in [0.2, 0.25) is 10.0 Å². The van der Waals surface area contributed by atoms with Crippen molar-refractivity contribution in [3.05, 3.63) is 53.6 Å². The van der Waals surface area contributed by atoms with E-state index in [2.05, 4.69) is 14.4 Å². The van der Waals surface area contributed by atoms with E-state index < -0.39 is 21.8 Å². The van der Waals surface area contributed by atoms with E-state index in [-0.39, 0.29) is 16.5 Å². The molecule has 1 saturated carbocycles. The van der Waals surface area contributed by atoms with Crippen LogP contribution in [0.15, 0.2) is 47.4 Å². The molecular formula is C24H26N2O5S. The minimum absolute atomic E-state index is 0.0682. The molecule has 0 unspecified atom stereocenters. The number of nitrogens with one attached hydrogen (secondary N) is 2. The molecule has 7 nitrogen and oxygen atoms in total. The molecule has 0 amide bonds. The number of carbonyl (C=O) groups is 2. The Hall–Kier alpha value is -2.97. The molecule has 1 fully saturated rings. The summed E-state index contributed by atoms with van der Waals surface area (Å²) in [5.41, 5.74) is 2.33. The smallest absolute Gasteiger partial charge is 0.379 e. The number of Topliss-reactive ketones (excluding diaryl/α,β-unsaturated/α-hetero) is 1. The van der Waals surface area contributed by atoms with E-state index in [9.17, 15) is 18.0 Å². The lowest BCUT2D eigenvalue weighted by molar-refractivity contribution is -0.135. The van der Waals surface area contributed by atoms with Gasteiger partial charge >= 0.3 is 5.97 Å². The number of para-hydroxylation sites is 1. The fourth-order valence-corrected chi connectivity index (χ4v) is 5.91. The van der Waals surface area contributed by atoms with Gasteiger partial charge in [0.05, 0.1) is 23.3 Å². The average molecular weight is 455 g/mol. The summed E-state index contributed by atoms with van der Waals surface area (Å²) in [6.45, 7) is 1.74. The molecule has 3 aromatic rings. The van der Waals surface area contributed by atoms with Gasteiger partial charge in [-0.2, -0.15) is 0 Å². The molecule has 0 bridgehead atoms. The van der Waals surface area contributed by atoms with Gasteiger partial charge in [-0.15, -0.1) is 0 Å². The summed E-state index contributed by atoms with van der Waals surface area (Å²) in [5.74, 6) is -1.76. The van der Waals surface area contributed by atoms with Gasteiger partial charge in [0.25, 0.3) is 5.78 Å². The monoisotopic (exact) mass is 454 g/mol. The van der Waals surface area contributed by atoms with Crippen molar-refractivity contribution >= 4 is 32.7 Å². The highest BCUT2D eigenvalue weighted by atomic mass is 32.2. The molecule has 32 heavy (non-hydrogen) atoms. The van der Waals surface area contributed by atoms with Gasteiger partial charge < -0.3 is 9.72 Å². The van der Waals surface area contributed by atoms with Crippen LogP contribution in [0.2, 0.25) is 0 Å². The van der Waals surface area contributed by atoms with Gasteiger partial charge in [0.1, 0.15) is 0 Å². The topological polar surface area (TPSA) is 105 Å². The van der Waals surface area contributed by atoms with Crippen LogP contribution in [0.5, 0.6) is 0 Å². The molecule has 2 N–H and O–H groups in total. The first-order valence-electron chi connectivity index (χ1n) is 10.7. The second-order valence-corrected chi connectivity index (χ2v) is 9.86. The Balaban J connectivity index is 1.81. The van der Waals surface area contributed by atoms with Crippen LogP contribution in [0.1, 0.15) is 48.0 Å². The largest absolute Gasteiger partial charge is 0.463 e. The van der Waals surface area contributed by atoms with Crippen LogP contribution in [0.25, 0.3) is 22.2 Å². The van der Waals surface area contributed by atoms with Crippen molar-refractivity contribution in [3.8, 4) is 11.3 Å². The molecule has 168 valence electrons. The number of esters is 1. The lowest BCUT2D eigenvalue weighted by Gasteiger charge is -2.23. The van der Waals surface area contributed by atoms with Crippen LogP contribution in [-0.4, -0.2) is 38.3 Å². The zero-order chi connectivity index (χ0) is 22.9. The number of sulfonamides is 1. The Bertz CT molecular complexity index is 1290. The molecule has 0 radical (unpaired) electrons. The van der Waals surface area contributed by atoms with E-state index in [0.717, 1.165) is 39.2 Å². The van der Waals surface area contributed by atoms with E-state index >= 15 is 0 Å². The van der Waals surface area contributed by atoms with Crippen molar-refractivity contribution < 1.29 is 22.7 Å². The molecular weight excluding hydrogens is 428 g/mol. The van der Waals surface area contributed by atoms with Crippen LogP contribution in [0, 0.1) is 6.92 Å². The number of ether oxygens (including phenoxy) is 1. The normalized spacial score (nSPS) is 15.1. The number of fused-ring (bicyclic) bond motifs is 1. The predicted octanol–water partition coefficient (Wildman–Crippen LogP) is 4.11. The maximum atomic E-state index is 13.2. The second kappa shape index (κ2) is 8.88. The molecule has 0 saturated heterocycles. The fraction of sp³-hybridized carbons (Fsp3) is 0.333. The number of aromatic amines is 1. The summed E-state index contributed by atoms with van der Waals surface area (Å²) in [4.78, 5) is 28.2. The Labute approximate surface area is 187 Å². The first kappa shape index (κ1) is 22.2. The van der Waals surface area contributed by atoms with Crippen LogP contribution in [0.3, 0.4) is 0 Å². The molecule has 0 aliphatic heterocycles. The Morgan fingerprint density at radius 3 is 2.50 bits per heavy atom. The number of carbonyl (C=O) groups excluding carboxylic acids is 2.